The first-order valence-electron chi connectivity index (χ1n) is 12.9. The number of alkyl carbamates (subject to hydrolysis) is 1. The van der Waals surface area contributed by atoms with E-state index in [1.54, 1.807) is 25.7 Å². The number of carbonyl (C=O) groups excluding carboxylic acids is 3. The van der Waals surface area contributed by atoms with Gasteiger partial charge in [-0.05, 0) is 59.4 Å². The lowest BCUT2D eigenvalue weighted by atomic mass is 9.97. The molecule has 35 heavy (non-hydrogen) atoms. The first-order valence-corrected chi connectivity index (χ1v) is 12.9. The number of nitrogens with one attached hydrogen (secondary N) is 2. The van der Waals surface area contributed by atoms with Gasteiger partial charge in [0.2, 0.25) is 11.8 Å². The third-order valence-electron chi connectivity index (χ3n) is 5.49. The van der Waals surface area contributed by atoms with Gasteiger partial charge < -0.3 is 20.3 Å². The Morgan fingerprint density at radius 3 is 2.17 bits per heavy atom. The zero-order chi connectivity index (χ0) is 26.8. The van der Waals surface area contributed by atoms with E-state index in [1.807, 2.05) is 58.9 Å². The van der Waals surface area contributed by atoms with Gasteiger partial charge in [-0.1, -0.05) is 69.9 Å². The average molecular weight is 490 g/mol. The highest BCUT2D eigenvalue weighted by Gasteiger charge is 2.37. The van der Waals surface area contributed by atoms with Crippen LogP contribution in [-0.2, 0) is 14.3 Å². The van der Waals surface area contributed by atoms with Crippen LogP contribution in [0.4, 0.5) is 4.79 Å². The topological polar surface area (TPSA) is 87.7 Å². The molecule has 3 amide bonds. The minimum atomic E-state index is -0.824. The van der Waals surface area contributed by atoms with E-state index in [0.29, 0.717) is 6.54 Å². The first-order chi connectivity index (χ1) is 16.3. The molecule has 2 N–H and O–H groups in total. The molecule has 1 aromatic rings. The molecule has 0 spiro atoms. The third-order valence-corrected chi connectivity index (χ3v) is 5.49. The average Bonchev–Trinajstić information content (AvgIpc) is 2.71. The summed E-state index contributed by atoms with van der Waals surface area (Å²) < 4.78 is 5.42. The molecule has 2 unspecified atom stereocenters. The van der Waals surface area contributed by atoms with Gasteiger partial charge in [0, 0.05) is 12.6 Å². The van der Waals surface area contributed by atoms with E-state index in [4.69, 9.17) is 4.74 Å². The third kappa shape index (κ3) is 10.7. The molecule has 0 aliphatic carbocycles. The van der Waals surface area contributed by atoms with Gasteiger partial charge in [-0.15, -0.1) is 0 Å². The summed E-state index contributed by atoms with van der Waals surface area (Å²) >= 11 is 0. The van der Waals surface area contributed by atoms with Crippen LogP contribution in [0.1, 0.15) is 98.2 Å². The second-order valence-electron chi connectivity index (χ2n) is 10.9. The summed E-state index contributed by atoms with van der Waals surface area (Å²) in [5.41, 5.74) is 1.08. The van der Waals surface area contributed by atoms with Crippen LogP contribution in [0.5, 0.6) is 0 Å². The number of rotatable bonds is 12. The summed E-state index contributed by atoms with van der Waals surface area (Å²) in [6.07, 6.45) is 3.21. The van der Waals surface area contributed by atoms with E-state index >= 15 is 0 Å². The Morgan fingerprint density at radius 2 is 1.66 bits per heavy atom. The summed E-state index contributed by atoms with van der Waals surface area (Å²) in [5, 5.41) is 5.76. The van der Waals surface area contributed by atoms with Crippen molar-refractivity contribution in [2.24, 2.45) is 5.92 Å². The number of ether oxygens (including phenoxy) is 1. The van der Waals surface area contributed by atoms with Gasteiger partial charge in [0.25, 0.3) is 0 Å². The standard InChI is InChI=1S/C28H47N3O4/c1-10-11-12-13-17-31(26(33)23(19(2)3)30-27(34)35-28(7,8)9)24(25(32)29-20(4)5)22-16-14-15-21(6)18-22/h14-16,18-20,23-24H,10-13,17H2,1-9H3,(H,29,32)(H,30,34). The fourth-order valence-electron chi connectivity index (χ4n) is 3.88. The van der Waals surface area contributed by atoms with Crippen molar-refractivity contribution in [3.05, 3.63) is 35.4 Å². The van der Waals surface area contributed by atoms with Gasteiger partial charge in [0.1, 0.15) is 17.7 Å². The summed E-state index contributed by atoms with van der Waals surface area (Å²) in [4.78, 5) is 41.7. The van der Waals surface area contributed by atoms with Crippen LogP contribution in [0.15, 0.2) is 24.3 Å². The predicted molar refractivity (Wildman–Crippen MR) is 141 cm³/mol. The quantitative estimate of drug-likeness (QED) is 0.379. The summed E-state index contributed by atoms with van der Waals surface area (Å²) in [6, 6.07) is 6.00. The van der Waals surface area contributed by atoms with Crippen LogP contribution in [0.25, 0.3) is 0 Å². The van der Waals surface area contributed by atoms with Gasteiger partial charge in [-0.3, -0.25) is 9.59 Å². The van der Waals surface area contributed by atoms with E-state index in [1.165, 1.54) is 0 Å². The molecule has 7 nitrogen and oxygen atoms in total. The smallest absolute Gasteiger partial charge is 0.408 e. The minimum absolute atomic E-state index is 0.0763. The lowest BCUT2D eigenvalue weighted by Crippen LogP contribution is -2.55. The number of nitrogens with zero attached hydrogens (tertiary/aromatic N) is 1. The number of benzene rings is 1. The Labute approximate surface area is 212 Å². The van der Waals surface area contributed by atoms with E-state index < -0.39 is 23.8 Å². The van der Waals surface area contributed by atoms with E-state index in [-0.39, 0.29) is 23.8 Å². The molecule has 0 bridgehead atoms. The molecule has 0 heterocycles. The molecular weight excluding hydrogens is 442 g/mol. The maximum atomic E-state index is 14.0. The highest BCUT2D eigenvalue weighted by molar-refractivity contribution is 5.92. The van der Waals surface area contributed by atoms with Crippen LogP contribution in [0.3, 0.4) is 0 Å². The maximum absolute atomic E-state index is 14.0. The van der Waals surface area contributed by atoms with Crippen molar-refractivity contribution in [3.8, 4) is 0 Å². The summed E-state index contributed by atoms with van der Waals surface area (Å²) in [7, 11) is 0. The van der Waals surface area contributed by atoms with Crippen LogP contribution >= 0.6 is 0 Å². The van der Waals surface area contributed by atoms with Crippen LogP contribution in [0, 0.1) is 12.8 Å². The van der Waals surface area contributed by atoms with Gasteiger partial charge >= 0.3 is 6.09 Å². The van der Waals surface area contributed by atoms with Gasteiger partial charge in [-0.25, -0.2) is 4.79 Å². The fourth-order valence-corrected chi connectivity index (χ4v) is 3.88. The largest absolute Gasteiger partial charge is 0.444 e. The zero-order valence-corrected chi connectivity index (χ0v) is 23.2. The molecular formula is C28H47N3O4. The number of unbranched alkanes of at least 4 members (excludes halogenated alkanes) is 3. The van der Waals surface area contributed by atoms with Crippen molar-refractivity contribution in [1.82, 2.24) is 15.5 Å². The minimum Gasteiger partial charge on any atom is -0.444 e. The van der Waals surface area contributed by atoms with E-state index in [9.17, 15) is 14.4 Å². The number of hydrogen-bond acceptors (Lipinski definition) is 4. The molecule has 0 aromatic heterocycles. The van der Waals surface area contributed by atoms with E-state index in [0.717, 1.165) is 36.8 Å². The predicted octanol–water partition coefficient (Wildman–Crippen LogP) is 5.52. The van der Waals surface area contributed by atoms with E-state index in [2.05, 4.69) is 17.6 Å². The van der Waals surface area contributed by atoms with Crippen molar-refractivity contribution in [2.75, 3.05) is 6.54 Å². The molecule has 0 fully saturated rings. The van der Waals surface area contributed by atoms with Gasteiger partial charge in [0.05, 0.1) is 0 Å². The number of hydrogen-bond donors (Lipinski definition) is 2. The monoisotopic (exact) mass is 489 g/mol. The molecule has 0 saturated carbocycles. The highest BCUT2D eigenvalue weighted by atomic mass is 16.6. The fraction of sp³-hybridized carbons (Fsp3) is 0.679. The Bertz CT molecular complexity index is 830. The Balaban J connectivity index is 3.43. The van der Waals surface area contributed by atoms with Gasteiger partial charge in [-0.2, -0.15) is 0 Å². The lowest BCUT2D eigenvalue weighted by molar-refractivity contribution is -0.143. The Hall–Kier alpha value is -2.57. The summed E-state index contributed by atoms with van der Waals surface area (Å²) in [6.45, 7) is 17.4. The highest BCUT2D eigenvalue weighted by Crippen LogP contribution is 2.26. The molecule has 198 valence electrons. The number of aryl methyl sites for hydroxylation is 1. The lowest BCUT2D eigenvalue weighted by Gasteiger charge is -2.36. The number of carbonyl (C=O) groups is 3. The van der Waals surface area contributed by atoms with Crippen molar-refractivity contribution in [2.45, 2.75) is 112 Å². The first kappa shape index (κ1) is 30.5. The van der Waals surface area contributed by atoms with Crippen molar-refractivity contribution < 1.29 is 19.1 Å². The van der Waals surface area contributed by atoms with Crippen LogP contribution in [-0.4, -0.2) is 47.0 Å². The van der Waals surface area contributed by atoms with Crippen molar-refractivity contribution >= 4 is 17.9 Å². The van der Waals surface area contributed by atoms with Crippen LogP contribution < -0.4 is 10.6 Å². The molecule has 0 radical (unpaired) electrons. The maximum Gasteiger partial charge on any atom is 0.408 e. The number of amides is 3. The molecule has 1 aromatic carbocycles. The molecule has 0 aliphatic rings. The van der Waals surface area contributed by atoms with Crippen molar-refractivity contribution in [3.63, 3.8) is 0 Å². The second kappa shape index (κ2) is 14.1. The molecule has 0 aliphatic heterocycles. The molecule has 2 atom stereocenters. The van der Waals surface area contributed by atoms with Gasteiger partial charge in [0.15, 0.2) is 0 Å². The SMILES string of the molecule is CCCCCCN(C(=O)C(NC(=O)OC(C)(C)C)C(C)C)C(C(=O)NC(C)C)c1cccc(C)c1. The molecule has 1 rings (SSSR count). The van der Waals surface area contributed by atoms with Crippen LogP contribution in [0.2, 0.25) is 0 Å². The Kier molecular flexibility index (Phi) is 12.3. The molecule has 7 heteroatoms. The van der Waals surface area contributed by atoms with Crippen molar-refractivity contribution in [1.29, 1.82) is 0 Å². The molecule has 0 saturated heterocycles. The second-order valence-corrected chi connectivity index (χ2v) is 10.9. The Morgan fingerprint density at radius 1 is 1.00 bits per heavy atom. The normalized spacial score (nSPS) is 13.3. The zero-order valence-electron chi connectivity index (χ0n) is 23.2. The summed E-state index contributed by atoms with van der Waals surface area (Å²) in [5.74, 6) is -0.707.